The quantitative estimate of drug-likeness (QED) is 0.465. The third-order valence-electron chi connectivity index (χ3n) is 6.08. The molecule has 0 radical (unpaired) electrons. The smallest absolute Gasteiger partial charge is 0.400 e. The number of fused-ring (bicyclic) bond motifs is 1. The molecule has 4 rings (SSSR count). The first-order valence-corrected chi connectivity index (χ1v) is 9.15. The van der Waals surface area contributed by atoms with Crippen LogP contribution in [-0.2, 0) is 14.1 Å². The fraction of sp³-hybridized carbons (Fsp3) is 0.450. The van der Waals surface area contributed by atoms with Crippen LogP contribution >= 0.6 is 0 Å². The second kappa shape index (κ2) is 5.63. The van der Waals surface area contributed by atoms with Crippen molar-refractivity contribution in [2.75, 3.05) is 0 Å². The third-order valence-corrected chi connectivity index (χ3v) is 6.08. The number of benzene rings is 1. The summed E-state index contributed by atoms with van der Waals surface area (Å²) in [7, 11) is -0.642. The van der Waals surface area contributed by atoms with Gasteiger partial charge in [0.25, 0.3) is 11.8 Å². The lowest BCUT2D eigenvalue weighted by molar-refractivity contribution is -0.119. The van der Waals surface area contributed by atoms with E-state index in [1.165, 1.54) is 6.08 Å². The van der Waals surface area contributed by atoms with E-state index in [2.05, 4.69) is 0 Å². The van der Waals surface area contributed by atoms with Gasteiger partial charge in [-0.15, -0.1) is 0 Å². The standard InChI is InChI=1S/C20H22BNO5/c1-18(2)19(3,4)27-21(26-18)12-9-15(23)20(10-11-20)22-16(24)13-7-5-6-8-14(13)17(22)25/h5-9,12H,10-11H2,1-4H3/b12-9+. The number of imide groups is 1. The molecule has 3 aliphatic rings. The van der Waals surface area contributed by atoms with Crippen LogP contribution in [0.1, 0.15) is 61.3 Å². The Kier molecular flexibility index (Phi) is 3.78. The van der Waals surface area contributed by atoms with Gasteiger partial charge in [-0.3, -0.25) is 19.3 Å². The molecule has 1 aliphatic carbocycles. The van der Waals surface area contributed by atoms with Crippen LogP contribution < -0.4 is 0 Å². The summed E-state index contributed by atoms with van der Waals surface area (Å²) in [6, 6.07) is 6.67. The van der Waals surface area contributed by atoms with Crippen LogP contribution in [0.3, 0.4) is 0 Å². The zero-order valence-corrected chi connectivity index (χ0v) is 15.9. The molecule has 0 N–H and O–H groups in total. The van der Waals surface area contributed by atoms with Crippen LogP contribution in [0.4, 0.5) is 0 Å². The van der Waals surface area contributed by atoms with E-state index in [1.807, 2.05) is 27.7 Å². The van der Waals surface area contributed by atoms with Crippen LogP contribution in [0.2, 0.25) is 0 Å². The van der Waals surface area contributed by atoms with Crippen molar-refractivity contribution in [3.63, 3.8) is 0 Å². The zero-order chi connectivity index (χ0) is 19.6. The second-order valence-electron chi connectivity index (χ2n) is 8.37. The Morgan fingerprint density at radius 3 is 1.93 bits per heavy atom. The zero-order valence-electron chi connectivity index (χ0n) is 15.9. The van der Waals surface area contributed by atoms with E-state index in [0.717, 1.165) is 4.90 Å². The van der Waals surface area contributed by atoms with Gasteiger partial charge in [0.15, 0.2) is 5.78 Å². The molecule has 1 saturated heterocycles. The predicted octanol–water partition coefficient (Wildman–Crippen LogP) is 2.57. The van der Waals surface area contributed by atoms with Gasteiger partial charge in [-0.25, -0.2) is 0 Å². The highest BCUT2D eigenvalue weighted by Gasteiger charge is 2.60. The van der Waals surface area contributed by atoms with E-state index in [4.69, 9.17) is 9.31 Å². The van der Waals surface area contributed by atoms with E-state index in [-0.39, 0.29) is 5.78 Å². The first kappa shape index (κ1) is 18.1. The third kappa shape index (κ3) is 2.60. The van der Waals surface area contributed by atoms with Gasteiger partial charge < -0.3 is 9.31 Å². The normalized spacial score (nSPS) is 24.6. The molecule has 1 aromatic carbocycles. The highest BCUT2D eigenvalue weighted by molar-refractivity contribution is 6.52. The molecular weight excluding hydrogens is 345 g/mol. The molecule has 1 aromatic rings. The van der Waals surface area contributed by atoms with E-state index >= 15 is 0 Å². The molecule has 0 bridgehead atoms. The molecule has 6 nitrogen and oxygen atoms in total. The first-order chi connectivity index (χ1) is 12.6. The van der Waals surface area contributed by atoms with Crippen molar-refractivity contribution in [3.8, 4) is 0 Å². The van der Waals surface area contributed by atoms with Crippen molar-refractivity contribution >= 4 is 24.7 Å². The molecule has 140 valence electrons. The summed E-state index contributed by atoms with van der Waals surface area (Å²) in [4.78, 5) is 39.4. The lowest BCUT2D eigenvalue weighted by atomic mass is 9.88. The maximum Gasteiger partial charge on any atom is 0.487 e. The Morgan fingerprint density at radius 2 is 1.48 bits per heavy atom. The number of amides is 2. The Hall–Kier alpha value is -2.25. The second-order valence-corrected chi connectivity index (χ2v) is 8.37. The molecule has 0 spiro atoms. The van der Waals surface area contributed by atoms with E-state index in [0.29, 0.717) is 24.0 Å². The number of carbonyl (C=O) groups excluding carboxylic acids is 3. The molecule has 27 heavy (non-hydrogen) atoms. The van der Waals surface area contributed by atoms with Crippen LogP contribution in [0.15, 0.2) is 36.3 Å². The summed E-state index contributed by atoms with van der Waals surface area (Å²) in [5, 5.41) is 0. The van der Waals surface area contributed by atoms with Crippen molar-refractivity contribution < 1.29 is 23.7 Å². The van der Waals surface area contributed by atoms with Gasteiger partial charge >= 0.3 is 7.12 Å². The van der Waals surface area contributed by atoms with Crippen LogP contribution in [0.5, 0.6) is 0 Å². The van der Waals surface area contributed by atoms with Gasteiger partial charge in [0, 0.05) is 0 Å². The summed E-state index contributed by atoms with van der Waals surface area (Å²) in [5.74, 6) is 0.500. The summed E-state index contributed by atoms with van der Waals surface area (Å²) in [6.45, 7) is 7.74. The number of carbonyl (C=O) groups is 3. The Labute approximate surface area is 158 Å². The molecule has 0 unspecified atom stereocenters. The Morgan fingerprint density at radius 1 is 1.00 bits per heavy atom. The number of hydrogen-bond donors (Lipinski definition) is 0. The lowest BCUT2D eigenvalue weighted by Gasteiger charge is -2.32. The van der Waals surface area contributed by atoms with E-state index in [1.54, 1.807) is 30.2 Å². The topological polar surface area (TPSA) is 72.9 Å². The maximum atomic E-state index is 12.9. The van der Waals surface area contributed by atoms with Crippen LogP contribution in [0.25, 0.3) is 0 Å². The predicted molar refractivity (Wildman–Crippen MR) is 99.1 cm³/mol. The van der Waals surface area contributed by atoms with E-state index in [9.17, 15) is 14.4 Å². The molecule has 0 aromatic heterocycles. The average Bonchev–Trinajstić information content (AvgIpc) is 3.30. The van der Waals surface area contributed by atoms with Gasteiger partial charge in [-0.1, -0.05) is 18.1 Å². The van der Waals surface area contributed by atoms with Gasteiger partial charge in [-0.2, -0.15) is 0 Å². The van der Waals surface area contributed by atoms with Crippen molar-refractivity contribution in [3.05, 3.63) is 47.4 Å². The molecule has 0 atom stereocenters. The molecule has 2 heterocycles. The van der Waals surface area contributed by atoms with E-state index < -0.39 is 35.7 Å². The van der Waals surface area contributed by atoms with Gasteiger partial charge in [0.2, 0.25) is 0 Å². The molecule has 1 saturated carbocycles. The largest absolute Gasteiger partial charge is 0.487 e. The SMILES string of the molecule is CC1(C)OB(/C=C/C(=O)C2(N3C(=O)c4ccccc4C3=O)CC2)OC1(C)C. The monoisotopic (exact) mass is 367 g/mol. The first-order valence-electron chi connectivity index (χ1n) is 9.15. The average molecular weight is 367 g/mol. The van der Waals surface area contributed by atoms with Gasteiger partial charge in [0.1, 0.15) is 5.54 Å². The fourth-order valence-corrected chi connectivity index (χ4v) is 3.56. The highest BCUT2D eigenvalue weighted by atomic mass is 16.7. The minimum absolute atomic E-state index is 0.272. The summed E-state index contributed by atoms with van der Waals surface area (Å²) in [5.41, 5.74) is -1.35. The number of ketones is 1. The van der Waals surface area contributed by atoms with Gasteiger partial charge in [-0.05, 0) is 58.7 Å². The minimum Gasteiger partial charge on any atom is -0.400 e. The number of hydrogen-bond acceptors (Lipinski definition) is 5. The fourth-order valence-electron chi connectivity index (χ4n) is 3.56. The molecule has 2 aliphatic heterocycles. The van der Waals surface area contributed by atoms with Crippen molar-refractivity contribution in [2.45, 2.75) is 57.3 Å². The number of rotatable bonds is 4. The van der Waals surface area contributed by atoms with Crippen molar-refractivity contribution in [1.29, 1.82) is 0 Å². The summed E-state index contributed by atoms with van der Waals surface area (Å²) < 4.78 is 11.7. The molecular formula is C20H22BNO5. The summed E-state index contributed by atoms with van der Waals surface area (Å²) in [6.07, 6.45) is 2.34. The van der Waals surface area contributed by atoms with Gasteiger partial charge in [0.05, 0.1) is 22.3 Å². The van der Waals surface area contributed by atoms with Crippen LogP contribution in [-0.4, -0.2) is 46.4 Å². The highest BCUT2D eigenvalue weighted by Crippen LogP contribution is 2.47. The molecule has 7 heteroatoms. The lowest BCUT2D eigenvalue weighted by Crippen LogP contribution is -2.46. The van der Waals surface area contributed by atoms with Crippen molar-refractivity contribution in [2.24, 2.45) is 0 Å². The minimum atomic E-state index is -1.08. The van der Waals surface area contributed by atoms with Crippen LogP contribution in [0, 0.1) is 0 Å². The Bertz CT molecular complexity index is 833. The number of nitrogens with zero attached hydrogens (tertiary/aromatic N) is 1. The summed E-state index contributed by atoms with van der Waals surface area (Å²) >= 11 is 0. The van der Waals surface area contributed by atoms with Crippen molar-refractivity contribution in [1.82, 2.24) is 4.90 Å². The maximum absolute atomic E-state index is 12.9. The molecule has 2 amide bonds. The Balaban J connectivity index is 1.54. The molecule has 2 fully saturated rings.